The molecule has 1 unspecified atom stereocenters. The molecular weight excluding hydrogens is 451 g/mol. The summed E-state index contributed by atoms with van der Waals surface area (Å²) in [5, 5.41) is 12.2. The highest BCUT2D eigenvalue weighted by molar-refractivity contribution is 5.74. The number of benzene rings is 2. The molecule has 0 fully saturated rings. The highest BCUT2D eigenvalue weighted by Crippen LogP contribution is 2.15. The molecule has 0 spiro atoms. The van der Waals surface area contributed by atoms with Gasteiger partial charge in [-0.15, -0.1) is 0 Å². The first-order chi connectivity index (χ1) is 16.9. The van der Waals surface area contributed by atoms with Gasteiger partial charge >= 0.3 is 12.0 Å². The summed E-state index contributed by atoms with van der Waals surface area (Å²) in [7, 11) is 0. The number of urea groups is 1. The maximum Gasteiger partial charge on any atom is 0.333 e. The SMILES string of the molecule is CCCCNC(=O)N(CCCc1ccc(F)cc1)CCOc1ccc(CC(OCC)C(=O)O)cc1. The molecule has 1 atom stereocenters. The van der Waals surface area contributed by atoms with E-state index in [-0.39, 0.29) is 18.3 Å². The molecule has 8 heteroatoms. The number of carboxylic acids is 1. The topological polar surface area (TPSA) is 88.1 Å². The maximum absolute atomic E-state index is 13.1. The van der Waals surface area contributed by atoms with Crippen molar-refractivity contribution in [1.29, 1.82) is 0 Å². The van der Waals surface area contributed by atoms with Gasteiger partial charge in [-0.2, -0.15) is 0 Å². The lowest BCUT2D eigenvalue weighted by Gasteiger charge is -2.23. The Labute approximate surface area is 207 Å². The van der Waals surface area contributed by atoms with Crippen LogP contribution in [0.1, 0.15) is 44.2 Å². The fourth-order valence-electron chi connectivity index (χ4n) is 3.55. The molecule has 0 aliphatic carbocycles. The summed E-state index contributed by atoms with van der Waals surface area (Å²) >= 11 is 0. The lowest BCUT2D eigenvalue weighted by Crippen LogP contribution is -2.43. The van der Waals surface area contributed by atoms with Crippen molar-refractivity contribution < 1.29 is 28.6 Å². The van der Waals surface area contributed by atoms with E-state index in [0.29, 0.717) is 38.6 Å². The third-order valence-corrected chi connectivity index (χ3v) is 5.52. The van der Waals surface area contributed by atoms with E-state index < -0.39 is 12.1 Å². The average Bonchev–Trinajstić information content (AvgIpc) is 2.85. The standard InChI is InChI=1S/C27H37FN2O5/c1-3-5-16-29-27(33)30(17-6-7-21-8-12-23(28)13-9-21)18-19-35-24-14-10-22(11-15-24)20-25(26(31)32)34-4-2/h8-15,25H,3-7,16-20H2,1-2H3,(H,29,33)(H,31,32). The summed E-state index contributed by atoms with van der Waals surface area (Å²) in [6, 6.07) is 13.5. The monoisotopic (exact) mass is 488 g/mol. The Morgan fingerprint density at radius 2 is 1.69 bits per heavy atom. The number of rotatable bonds is 16. The van der Waals surface area contributed by atoms with E-state index in [1.54, 1.807) is 36.1 Å². The number of halogens is 1. The zero-order chi connectivity index (χ0) is 25.5. The largest absolute Gasteiger partial charge is 0.492 e. The number of unbranched alkanes of at least 4 members (excludes halogenated alkanes) is 1. The van der Waals surface area contributed by atoms with E-state index in [9.17, 15) is 19.1 Å². The van der Waals surface area contributed by atoms with Crippen LogP contribution in [-0.2, 0) is 22.4 Å². The van der Waals surface area contributed by atoms with Gasteiger partial charge in [0.05, 0.1) is 6.54 Å². The van der Waals surface area contributed by atoms with Crippen molar-refractivity contribution in [3.8, 4) is 5.75 Å². The van der Waals surface area contributed by atoms with Crippen LogP contribution < -0.4 is 10.1 Å². The van der Waals surface area contributed by atoms with Crippen LogP contribution in [0.5, 0.6) is 5.75 Å². The number of hydrogen-bond acceptors (Lipinski definition) is 4. The summed E-state index contributed by atoms with van der Waals surface area (Å²) in [5.74, 6) is -0.592. The molecule has 2 N–H and O–H groups in total. The first kappa shape index (κ1) is 28.1. The molecule has 0 aliphatic rings. The van der Waals surface area contributed by atoms with E-state index in [2.05, 4.69) is 12.2 Å². The average molecular weight is 489 g/mol. The number of nitrogens with one attached hydrogen (secondary N) is 1. The first-order valence-corrected chi connectivity index (χ1v) is 12.3. The van der Waals surface area contributed by atoms with Gasteiger partial charge in [0, 0.05) is 26.1 Å². The second-order valence-corrected chi connectivity index (χ2v) is 8.28. The quantitative estimate of drug-likeness (QED) is 0.335. The van der Waals surface area contributed by atoms with Gasteiger partial charge in [0.15, 0.2) is 6.10 Å². The molecule has 2 aromatic rings. The number of carbonyl (C=O) groups excluding carboxylic acids is 1. The number of nitrogens with zero attached hydrogens (tertiary/aromatic N) is 1. The summed E-state index contributed by atoms with van der Waals surface area (Å²) in [4.78, 5) is 25.7. The number of carboxylic acid groups (broad SMARTS) is 1. The highest BCUT2D eigenvalue weighted by atomic mass is 19.1. The van der Waals surface area contributed by atoms with Gasteiger partial charge in [0.2, 0.25) is 0 Å². The molecule has 0 aromatic heterocycles. The Bertz CT molecular complexity index is 889. The third kappa shape index (κ3) is 10.8. The van der Waals surface area contributed by atoms with Crippen molar-refractivity contribution in [3.05, 3.63) is 65.5 Å². The van der Waals surface area contributed by atoms with Gasteiger partial charge in [-0.05, 0) is 61.6 Å². The summed E-state index contributed by atoms with van der Waals surface area (Å²) in [5.41, 5.74) is 1.87. The fourth-order valence-corrected chi connectivity index (χ4v) is 3.55. The number of aliphatic carboxylic acids is 1. The number of ether oxygens (including phenoxy) is 2. The molecule has 35 heavy (non-hydrogen) atoms. The van der Waals surface area contributed by atoms with E-state index in [4.69, 9.17) is 9.47 Å². The van der Waals surface area contributed by atoms with E-state index in [0.717, 1.165) is 36.8 Å². The fraction of sp³-hybridized carbons (Fsp3) is 0.481. The third-order valence-electron chi connectivity index (χ3n) is 5.52. The molecule has 0 aliphatic heterocycles. The van der Waals surface area contributed by atoms with Crippen molar-refractivity contribution in [2.24, 2.45) is 0 Å². The van der Waals surface area contributed by atoms with Crippen molar-refractivity contribution >= 4 is 12.0 Å². The molecule has 0 heterocycles. The second kappa shape index (κ2) is 15.7. The molecule has 192 valence electrons. The summed E-state index contributed by atoms with van der Waals surface area (Å²) in [6.07, 6.45) is 2.84. The Morgan fingerprint density at radius 1 is 1.00 bits per heavy atom. The molecule has 0 saturated heterocycles. The van der Waals surface area contributed by atoms with Crippen LogP contribution in [0.25, 0.3) is 0 Å². The zero-order valence-electron chi connectivity index (χ0n) is 20.7. The molecule has 0 radical (unpaired) electrons. The van der Waals surface area contributed by atoms with Crippen molar-refractivity contribution in [2.45, 2.75) is 52.1 Å². The molecule has 0 bridgehead atoms. The van der Waals surface area contributed by atoms with Crippen LogP contribution in [0, 0.1) is 5.82 Å². The van der Waals surface area contributed by atoms with Crippen molar-refractivity contribution in [3.63, 3.8) is 0 Å². The van der Waals surface area contributed by atoms with Crippen LogP contribution in [0.15, 0.2) is 48.5 Å². The summed E-state index contributed by atoms with van der Waals surface area (Å²) < 4.78 is 24.2. The van der Waals surface area contributed by atoms with Crippen molar-refractivity contribution in [2.75, 3.05) is 32.8 Å². The minimum Gasteiger partial charge on any atom is -0.492 e. The Balaban J connectivity index is 1.86. The Hall–Kier alpha value is -3.13. The number of amides is 2. The van der Waals surface area contributed by atoms with Crippen LogP contribution >= 0.6 is 0 Å². The second-order valence-electron chi connectivity index (χ2n) is 8.28. The van der Waals surface area contributed by atoms with Gasteiger partial charge in [-0.25, -0.2) is 14.0 Å². The van der Waals surface area contributed by atoms with Gasteiger partial charge in [0.25, 0.3) is 0 Å². The van der Waals surface area contributed by atoms with E-state index >= 15 is 0 Å². The zero-order valence-corrected chi connectivity index (χ0v) is 20.7. The van der Waals surface area contributed by atoms with Gasteiger partial charge < -0.3 is 24.8 Å². The molecule has 0 saturated carbocycles. The minimum absolute atomic E-state index is 0.118. The normalized spacial score (nSPS) is 11.6. The predicted molar refractivity (Wildman–Crippen MR) is 133 cm³/mol. The minimum atomic E-state index is -0.982. The van der Waals surface area contributed by atoms with Crippen LogP contribution in [0.4, 0.5) is 9.18 Å². The lowest BCUT2D eigenvalue weighted by molar-refractivity contribution is -0.149. The molecule has 2 amide bonds. The lowest BCUT2D eigenvalue weighted by atomic mass is 10.1. The van der Waals surface area contributed by atoms with Gasteiger partial charge in [-0.1, -0.05) is 37.6 Å². The number of carbonyl (C=O) groups is 2. The highest BCUT2D eigenvalue weighted by Gasteiger charge is 2.18. The van der Waals surface area contributed by atoms with Crippen LogP contribution in [0.2, 0.25) is 0 Å². The number of hydrogen-bond donors (Lipinski definition) is 2. The van der Waals surface area contributed by atoms with E-state index in [1.807, 2.05) is 12.1 Å². The summed E-state index contributed by atoms with van der Waals surface area (Å²) in [6.45, 7) is 6.12. The Morgan fingerprint density at radius 3 is 2.31 bits per heavy atom. The Kier molecular flexibility index (Phi) is 12.6. The van der Waals surface area contributed by atoms with Gasteiger partial charge in [0.1, 0.15) is 18.2 Å². The van der Waals surface area contributed by atoms with Crippen LogP contribution in [-0.4, -0.2) is 61.0 Å². The predicted octanol–water partition coefficient (Wildman–Crippen LogP) is 4.68. The maximum atomic E-state index is 13.1. The molecule has 2 rings (SSSR count). The number of aryl methyl sites for hydroxylation is 1. The van der Waals surface area contributed by atoms with Crippen molar-refractivity contribution in [1.82, 2.24) is 10.2 Å². The molecule has 2 aromatic carbocycles. The first-order valence-electron chi connectivity index (χ1n) is 12.3. The van der Waals surface area contributed by atoms with Gasteiger partial charge in [-0.3, -0.25) is 0 Å². The molecule has 7 nitrogen and oxygen atoms in total. The smallest absolute Gasteiger partial charge is 0.333 e. The van der Waals surface area contributed by atoms with Crippen LogP contribution in [0.3, 0.4) is 0 Å². The molecular formula is C27H37FN2O5. The van der Waals surface area contributed by atoms with E-state index in [1.165, 1.54) is 12.1 Å².